The number of nitrogens with zero attached hydrogens (tertiary/aromatic N) is 1. The minimum Gasteiger partial charge on any atom is -0.480 e. The van der Waals surface area contributed by atoms with Gasteiger partial charge in [-0.2, -0.15) is 0 Å². The molecule has 0 spiro atoms. The van der Waals surface area contributed by atoms with E-state index in [-0.39, 0.29) is 5.92 Å². The molecule has 178 valence electrons. The van der Waals surface area contributed by atoms with Gasteiger partial charge in [-0.25, -0.2) is 4.79 Å². The summed E-state index contributed by atoms with van der Waals surface area (Å²) in [5.74, 6) is -3.02. The predicted octanol–water partition coefficient (Wildman–Crippen LogP) is -1.47. The molecule has 3 amide bonds. The zero-order valence-corrected chi connectivity index (χ0v) is 18.4. The number of carboxylic acid groups (broad SMARTS) is 1. The maximum Gasteiger partial charge on any atom is 0.328 e. The summed E-state index contributed by atoms with van der Waals surface area (Å²) in [5, 5.41) is 23.2. The lowest BCUT2D eigenvalue weighted by molar-refractivity contribution is -0.146. The highest BCUT2D eigenvalue weighted by Crippen LogP contribution is 2.21. The van der Waals surface area contributed by atoms with Gasteiger partial charge in [-0.15, -0.1) is 0 Å². The standard InChI is InChI=1S/C20H37N5O6/c1-3-12(2)16(24-17(27)13(22)7-4-5-9-21)19(29)25-10-6-8-15(25)18(28)23-14(11-26)20(30)31/h12-16,26H,3-11,21-22H2,1-2H3,(H,23,28)(H,24,27)(H,30,31)/t12-,13-,14-,15-,16-/m0/s1. The third-order valence-corrected chi connectivity index (χ3v) is 5.72. The van der Waals surface area contributed by atoms with Gasteiger partial charge in [0.15, 0.2) is 0 Å². The molecule has 0 aromatic rings. The first-order valence-corrected chi connectivity index (χ1v) is 10.9. The first kappa shape index (κ1) is 26.8. The van der Waals surface area contributed by atoms with Crippen molar-refractivity contribution < 1.29 is 29.4 Å². The zero-order valence-electron chi connectivity index (χ0n) is 18.4. The van der Waals surface area contributed by atoms with Gasteiger partial charge in [-0.1, -0.05) is 26.7 Å². The van der Waals surface area contributed by atoms with Crippen molar-refractivity contribution in [3.8, 4) is 0 Å². The SMILES string of the molecule is CC[C@H](C)[C@H](NC(=O)[C@@H](N)CCCCN)C(=O)N1CCC[C@H]1C(=O)N[C@@H](CO)C(=O)O. The molecule has 0 aromatic carbocycles. The lowest BCUT2D eigenvalue weighted by Crippen LogP contribution is -2.58. The molecule has 0 saturated carbocycles. The van der Waals surface area contributed by atoms with Crippen LogP contribution in [0.2, 0.25) is 0 Å². The first-order valence-electron chi connectivity index (χ1n) is 10.9. The van der Waals surface area contributed by atoms with E-state index >= 15 is 0 Å². The minimum absolute atomic E-state index is 0.193. The molecule has 0 unspecified atom stereocenters. The van der Waals surface area contributed by atoms with Crippen molar-refractivity contribution in [2.45, 2.75) is 76.5 Å². The molecule has 0 bridgehead atoms. The molecular weight excluding hydrogens is 406 g/mol. The van der Waals surface area contributed by atoms with Crippen LogP contribution in [0.15, 0.2) is 0 Å². The summed E-state index contributed by atoms with van der Waals surface area (Å²) in [6.45, 7) is 3.81. The first-order chi connectivity index (χ1) is 14.7. The Kier molecular flexibility index (Phi) is 11.4. The number of aliphatic hydroxyl groups is 1. The number of amides is 3. The average Bonchev–Trinajstić information content (AvgIpc) is 3.24. The lowest BCUT2D eigenvalue weighted by Gasteiger charge is -2.32. The molecule has 8 N–H and O–H groups in total. The number of carbonyl (C=O) groups excluding carboxylic acids is 3. The second kappa shape index (κ2) is 13.2. The normalized spacial score (nSPS) is 19.9. The van der Waals surface area contributed by atoms with Crippen molar-refractivity contribution in [2.24, 2.45) is 17.4 Å². The Hall–Kier alpha value is -2.24. The number of unbranched alkanes of at least 4 members (excludes halogenated alkanes) is 1. The molecule has 5 atom stereocenters. The van der Waals surface area contributed by atoms with E-state index in [9.17, 15) is 19.2 Å². The summed E-state index contributed by atoms with van der Waals surface area (Å²) in [5.41, 5.74) is 11.4. The molecule has 11 heteroatoms. The van der Waals surface area contributed by atoms with E-state index in [1.165, 1.54) is 4.90 Å². The molecule has 1 saturated heterocycles. The van der Waals surface area contributed by atoms with Crippen LogP contribution in [0.4, 0.5) is 0 Å². The highest BCUT2D eigenvalue weighted by Gasteiger charge is 2.40. The lowest BCUT2D eigenvalue weighted by atomic mass is 9.96. The van der Waals surface area contributed by atoms with Gasteiger partial charge in [0, 0.05) is 6.54 Å². The Morgan fingerprint density at radius 1 is 1.19 bits per heavy atom. The van der Waals surface area contributed by atoms with Gasteiger partial charge in [-0.3, -0.25) is 14.4 Å². The molecule has 11 nitrogen and oxygen atoms in total. The fourth-order valence-electron chi connectivity index (χ4n) is 3.52. The number of carboxylic acids is 1. The zero-order chi connectivity index (χ0) is 23.6. The van der Waals surface area contributed by atoms with Crippen LogP contribution >= 0.6 is 0 Å². The number of carbonyl (C=O) groups is 4. The van der Waals surface area contributed by atoms with E-state index in [2.05, 4.69) is 10.6 Å². The second-order valence-corrected chi connectivity index (χ2v) is 8.03. The number of nitrogens with two attached hydrogens (primary N) is 2. The number of hydrogen-bond donors (Lipinski definition) is 6. The van der Waals surface area contributed by atoms with Crippen LogP contribution in [0.5, 0.6) is 0 Å². The molecule has 1 heterocycles. The summed E-state index contributed by atoms with van der Waals surface area (Å²) in [6, 6.07) is -3.91. The molecular formula is C20H37N5O6. The van der Waals surface area contributed by atoms with Crippen molar-refractivity contribution in [2.75, 3.05) is 19.7 Å². The van der Waals surface area contributed by atoms with Crippen LogP contribution in [0, 0.1) is 5.92 Å². The van der Waals surface area contributed by atoms with Crippen LogP contribution in [0.1, 0.15) is 52.4 Å². The Balaban J connectivity index is 2.89. The molecule has 1 aliphatic rings. The van der Waals surface area contributed by atoms with Crippen LogP contribution in [0.3, 0.4) is 0 Å². The molecule has 31 heavy (non-hydrogen) atoms. The minimum atomic E-state index is -1.44. The third-order valence-electron chi connectivity index (χ3n) is 5.72. The van der Waals surface area contributed by atoms with Gasteiger partial charge in [0.2, 0.25) is 17.7 Å². The predicted molar refractivity (Wildman–Crippen MR) is 114 cm³/mol. The smallest absolute Gasteiger partial charge is 0.328 e. The maximum atomic E-state index is 13.3. The van der Waals surface area contributed by atoms with E-state index in [1.807, 2.05) is 13.8 Å². The summed E-state index contributed by atoms with van der Waals surface area (Å²) in [4.78, 5) is 50.9. The maximum absolute atomic E-state index is 13.3. The van der Waals surface area contributed by atoms with Crippen molar-refractivity contribution in [3.05, 3.63) is 0 Å². The summed E-state index contributed by atoms with van der Waals surface area (Å²) >= 11 is 0. The quantitative estimate of drug-likeness (QED) is 0.186. The topological polar surface area (TPSA) is 188 Å². The monoisotopic (exact) mass is 443 g/mol. The molecule has 0 aromatic heterocycles. The van der Waals surface area contributed by atoms with Crippen molar-refractivity contribution in [1.82, 2.24) is 15.5 Å². The van der Waals surface area contributed by atoms with E-state index < -0.39 is 54.5 Å². The number of likely N-dealkylation sites (tertiary alicyclic amines) is 1. The van der Waals surface area contributed by atoms with Crippen LogP contribution in [0.25, 0.3) is 0 Å². The Bertz CT molecular complexity index is 631. The molecule has 1 aliphatic heterocycles. The molecule has 0 radical (unpaired) electrons. The fourth-order valence-corrected chi connectivity index (χ4v) is 3.52. The van der Waals surface area contributed by atoms with E-state index in [1.54, 1.807) is 0 Å². The van der Waals surface area contributed by atoms with E-state index in [0.29, 0.717) is 45.2 Å². The fraction of sp³-hybridized carbons (Fsp3) is 0.800. The molecule has 0 aliphatic carbocycles. The van der Waals surface area contributed by atoms with Gasteiger partial charge in [0.1, 0.15) is 18.1 Å². The number of aliphatic hydroxyl groups excluding tert-OH is 1. The highest BCUT2D eigenvalue weighted by molar-refractivity contribution is 5.94. The molecule has 1 fully saturated rings. The van der Waals surface area contributed by atoms with Gasteiger partial charge in [0.25, 0.3) is 0 Å². The summed E-state index contributed by atoms with van der Waals surface area (Å²) in [6.07, 6.45) is 3.48. The van der Waals surface area contributed by atoms with E-state index in [4.69, 9.17) is 21.7 Å². The van der Waals surface area contributed by atoms with E-state index in [0.717, 1.165) is 6.42 Å². The third kappa shape index (κ3) is 7.75. The number of nitrogens with one attached hydrogen (secondary N) is 2. The largest absolute Gasteiger partial charge is 0.480 e. The summed E-state index contributed by atoms with van der Waals surface area (Å²) < 4.78 is 0. The number of aliphatic carboxylic acids is 1. The summed E-state index contributed by atoms with van der Waals surface area (Å²) in [7, 11) is 0. The van der Waals surface area contributed by atoms with Crippen LogP contribution < -0.4 is 22.1 Å². The Morgan fingerprint density at radius 3 is 2.42 bits per heavy atom. The average molecular weight is 444 g/mol. The second-order valence-electron chi connectivity index (χ2n) is 8.03. The Morgan fingerprint density at radius 2 is 1.87 bits per heavy atom. The van der Waals surface area contributed by atoms with Crippen molar-refractivity contribution in [1.29, 1.82) is 0 Å². The number of hydrogen-bond acceptors (Lipinski definition) is 7. The van der Waals surface area contributed by atoms with Gasteiger partial charge in [0.05, 0.1) is 12.6 Å². The van der Waals surface area contributed by atoms with Crippen molar-refractivity contribution >= 4 is 23.7 Å². The Labute approximate surface area is 182 Å². The highest BCUT2D eigenvalue weighted by atomic mass is 16.4. The van der Waals surface area contributed by atoms with Gasteiger partial charge < -0.3 is 37.2 Å². The van der Waals surface area contributed by atoms with Crippen molar-refractivity contribution in [3.63, 3.8) is 0 Å². The van der Waals surface area contributed by atoms with Crippen LogP contribution in [-0.4, -0.2) is 82.7 Å². The molecule has 1 rings (SSSR count). The number of rotatable bonds is 13. The van der Waals surface area contributed by atoms with Gasteiger partial charge >= 0.3 is 5.97 Å². The van der Waals surface area contributed by atoms with Gasteiger partial charge in [-0.05, 0) is 38.1 Å². The van der Waals surface area contributed by atoms with Crippen LogP contribution in [-0.2, 0) is 19.2 Å².